The summed E-state index contributed by atoms with van der Waals surface area (Å²) in [5, 5.41) is 0. The molecule has 3 nitrogen and oxygen atoms in total. The van der Waals surface area contributed by atoms with Crippen LogP contribution in [0.3, 0.4) is 0 Å². The van der Waals surface area contributed by atoms with E-state index >= 15 is 0 Å². The number of hydrogen-bond acceptors (Lipinski definition) is 3. The van der Waals surface area contributed by atoms with E-state index in [9.17, 15) is 4.79 Å². The molecule has 0 aliphatic rings. The van der Waals surface area contributed by atoms with Crippen molar-refractivity contribution in [1.82, 2.24) is 0 Å². The Bertz CT molecular complexity index is 383. The van der Waals surface area contributed by atoms with Gasteiger partial charge >= 0.3 is 0 Å². The highest BCUT2D eigenvalue weighted by Gasteiger charge is 1.96. The average molecular weight is 218 g/mol. The van der Waals surface area contributed by atoms with Crippen molar-refractivity contribution in [2.75, 3.05) is 25.5 Å². The number of allylic oxidation sites excluding steroid dienone is 1. The fraction of sp³-hybridized carbons (Fsp3) is 0.308. The van der Waals surface area contributed by atoms with E-state index in [1.54, 1.807) is 6.08 Å². The van der Waals surface area contributed by atoms with Crippen LogP contribution in [0.25, 0.3) is 6.08 Å². The van der Waals surface area contributed by atoms with E-state index in [1.807, 2.05) is 49.3 Å². The number of carbonyl (C=O) groups is 1. The van der Waals surface area contributed by atoms with E-state index in [4.69, 9.17) is 5.73 Å². The molecule has 0 aliphatic heterocycles. The van der Waals surface area contributed by atoms with Crippen LogP contribution in [-0.2, 0) is 4.79 Å². The average Bonchev–Trinajstić information content (AvgIpc) is 2.27. The summed E-state index contributed by atoms with van der Waals surface area (Å²) in [5.74, 6) is 0.0674. The van der Waals surface area contributed by atoms with Crippen LogP contribution in [0.1, 0.15) is 12.0 Å². The molecular weight excluding hydrogens is 200 g/mol. The molecule has 3 heteroatoms. The molecule has 86 valence electrons. The molecule has 0 bridgehead atoms. The monoisotopic (exact) mass is 218 g/mol. The van der Waals surface area contributed by atoms with Gasteiger partial charge in [0.2, 0.25) is 0 Å². The number of carbonyl (C=O) groups excluding carboxylic acids is 1. The minimum Gasteiger partial charge on any atom is -0.378 e. The summed E-state index contributed by atoms with van der Waals surface area (Å²) in [7, 11) is 3.98. The van der Waals surface area contributed by atoms with E-state index in [1.165, 1.54) is 0 Å². The molecule has 1 rings (SSSR count). The minimum atomic E-state index is 0.0674. The van der Waals surface area contributed by atoms with Crippen LogP contribution < -0.4 is 10.6 Å². The van der Waals surface area contributed by atoms with Crippen molar-refractivity contribution >= 4 is 17.5 Å². The standard InChI is InChI=1S/C13H18N2O/c1-15(2)12-5-3-4-11(10-12)6-7-13(16)8-9-14/h3-7,10H,8-9,14H2,1-2H3/b7-6+. The molecule has 0 atom stereocenters. The Hall–Kier alpha value is -1.61. The molecule has 0 radical (unpaired) electrons. The molecule has 0 spiro atoms. The Kier molecular flexibility index (Phi) is 4.73. The van der Waals surface area contributed by atoms with Gasteiger partial charge in [0.05, 0.1) is 0 Å². The Morgan fingerprint density at radius 3 is 2.81 bits per heavy atom. The van der Waals surface area contributed by atoms with Gasteiger partial charge in [-0.3, -0.25) is 4.79 Å². The maximum Gasteiger partial charge on any atom is 0.156 e. The quantitative estimate of drug-likeness (QED) is 0.765. The lowest BCUT2D eigenvalue weighted by Crippen LogP contribution is -2.08. The molecule has 0 aliphatic carbocycles. The highest BCUT2D eigenvalue weighted by Crippen LogP contribution is 2.14. The molecule has 0 amide bonds. The van der Waals surface area contributed by atoms with Crippen molar-refractivity contribution in [2.45, 2.75) is 6.42 Å². The van der Waals surface area contributed by atoms with Crippen molar-refractivity contribution in [1.29, 1.82) is 0 Å². The van der Waals surface area contributed by atoms with Gasteiger partial charge in [0.25, 0.3) is 0 Å². The first-order valence-corrected chi connectivity index (χ1v) is 5.32. The van der Waals surface area contributed by atoms with E-state index in [0.29, 0.717) is 13.0 Å². The molecule has 1 aromatic carbocycles. The third kappa shape index (κ3) is 3.87. The normalized spacial score (nSPS) is 10.7. The van der Waals surface area contributed by atoms with Crippen molar-refractivity contribution in [3.63, 3.8) is 0 Å². The number of hydrogen-bond donors (Lipinski definition) is 1. The fourth-order valence-electron chi connectivity index (χ4n) is 1.32. The predicted molar refractivity (Wildman–Crippen MR) is 68.5 cm³/mol. The van der Waals surface area contributed by atoms with Crippen LogP contribution in [0.4, 0.5) is 5.69 Å². The van der Waals surface area contributed by atoms with E-state index in [-0.39, 0.29) is 5.78 Å². The first kappa shape index (κ1) is 12.5. The van der Waals surface area contributed by atoms with Gasteiger partial charge in [-0.15, -0.1) is 0 Å². The summed E-state index contributed by atoms with van der Waals surface area (Å²) < 4.78 is 0. The van der Waals surface area contributed by atoms with E-state index < -0.39 is 0 Å². The highest BCUT2D eigenvalue weighted by molar-refractivity contribution is 5.93. The molecular formula is C13H18N2O. The van der Waals surface area contributed by atoms with Gasteiger partial charge in [-0.05, 0) is 30.3 Å². The van der Waals surface area contributed by atoms with Crippen molar-refractivity contribution in [2.24, 2.45) is 5.73 Å². The lowest BCUT2D eigenvalue weighted by atomic mass is 10.1. The number of rotatable bonds is 5. The van der Waals surface area contributed by atoms with Crippen LogP contribution in [0.2, 0.25) is 0 Å². The first-order valence-electron chi connectivity index (χ1n) is 5.32. The molecule has 1 aromatic rings. The maximum atomic E-state index is 11.3. The minimum absolute atomic E-state index is 0.0674. The van der Waals surface area contributed by atoms with Crippen molar-refractivity contribution < 1.29 is 4.79 Å². The van der Waals surface area contributed by atoms with Crippen molar-refractivity contribution in [3.05, 3.63) is 35.9 Å². The maximum absolute atomic E-state index is 11.3. The molecule has 0 unspecified atom stereocenters. The smallest absolute Gasteiger partial charge is 0.156 e. The van der Waals surface area contributed by atoms with Gasteiger partial charge < -0.3 is 10.6 Å². The Labute approximate surface area is 96.6 Å². The lowest BCUT2D eigenvalue weighted by molar-refractivity contribution is -0.114. The third-order valence-corrected chi connectivity index (χ3v) is 2.24. The second-order valence-corrected chi connectivity index (χ2v) is 3.83. The molecule has 16 heavy (non-hydrogen) atoms. The Morgan fingerprint density at radius 1 is 1.44 bits per heavy atom. The summed E-state index contributed by atoms with van der Waals surface area (Å²) in [6, 6.07) is 8.01. The van der Waals surface area contributed by atoms with Crippen LogP contribution in [0.5, 0.6) is 0 Å². The summed E-state index contributed by atoms with van der Waals surface area (Å²) in [5.41, 5.74) is 7.44. The van der Waals surface area contributed by atoms with Crippen molar-refractivity contribution in [3.8, 4) is 0 Å². The summed E-state index contributed by atoms with van der Waals surface area (Å²) in [6.07, 6.45) is 3.82. The number of ketones is 1. The van der Waals surface area contributed by atoms with E-state index in [2.05, 4.69) is 0 Å². The van der Waals surface area contributed by atoms with Gasteiger partial charge in [-0.1, -0.05) is 18.2 Å². The van der Waals surface area contributed by atoms with Crippen LogP contribution in [-0.4, -0.2) is 26.4 Å². The van der Waals surface area contributed by atoms with Gasteiger partial charge in [-0.2, -0.15) is 0 Å². The predicted octanol–water partition coefficient (Wildman–Crippen LogP) is 1.68. The SMILES string of the molecule is CN(C)c1cccc(/C=C/C(=O)CCN)c1. The summed E-state index contributed by atoms with van der Waals surface area (Å²) >= 11 is 0. The van der Waals surface area contributed by atoms with Gasteiger partial charge in [-0.25, -0.2) is 0 Å². The Morgan fingerprint density at radius 2 is 2.19 bits per heavy atom. The Balaban J connectivity index is 2.74. The zero-order chi connectivity index (χ0) is 12.0. The second-order valence-electron chi connectivity index (χ2n) is 3.83. The molecule has 0 saturated carbocycles. The fourth-order valence-corrected chi connectivity index (χ4v) is 1.32. The molecule has 0 heterocycles. The first-order chi connectivity index (χ1) is 7.63. The topological polar surface area (TPSA) is 46.3 Å². The number of benzene rings is 1. The number of nitrogens with two attached hydrogens (primary N) is 1. The van der Waals surface area contributed by atoms with Gasteiger partial charge in [0.1, 0.15) is 0 Å². The molecule has 0 saturated heterocycles. The summed E-state index contributed by atoms with van der Waals surface area (Å²) in [4.78, 5) is 13.3. The van der Waals surface area contributed by atoms with Gasteiger partial charge in [0, 0.05) is 26.2 Å². The third-order valence-electron chi connectivity index (χ3n) is 2.24. The van der Waals surface area contributed by atoms with Gasteiger partial charge in [0.15, 0.2) is 5.78 Å². The zero-order valence-electron chi connectivity index (χ0n) is 9.81. The van der Waals surface area contributed by atoms with Crippen LogP contribution >= 0.6 is 0 Å². The zero-order valence-corrected chi connectivity index (χ0v) is 9.81. The van der Waals surface area contributed by atoms with Crippen LogP contribution in [0.15, 0.2) is 30.3 Å². The second kappa shape index (κ2) is 6.08. The van der Waals surface area contributed by atoms with Crippen LogP contribution in [0, 0.1) is 0 Å². The molecule has 2 N–H and O–H groups in total. The van der Waals surface area contributed by atoms with E-state index in [0.717, 1.165) is 11.3 Å². The number of anilines is 1. The summed E-state index contributed by atoms with van der Waals surface area (Å²) in [6.45, 7) is 0.404. The highest BCUT2D eigenvalue weighted by atomic mass is 16.1. The lowest BCUT2D eigenvalue weighted by Gasteiger charge is -2.12. The largest absolute Gasteiger partial charge is 0.378 e. The number of nitrogens with zero attached hydrogens (tertiary/aromatic N) is 1. The molecule has 0 fully saturated rings. The molecule has 0 aromatic heterocycles.